The number of nitro benzene ring substituents is 1. The van der Waals surface area contributed by atoms with Crippen molar-refractivity contribution in [3.63, 3.8) is 0 Å². The van der Waals surface area contributed by atoms with E-state index in [0.717, 1.165) is 12.0 Å². The highest BCUT2D eigenvalue weighted by atomic mass is 16.6. The van der Waals surface area contributed by atoms with Gasteiger partial charge >= 0.3 is 11.8 Å². The topological polar surface area (TPSA) is 123 Å². The van der Waals surface area contributed by atoms with Crippen LogP contribution in [0.5, 0.6) is 5.75 Å². The first-order valence-electron chi connectivity index (χ1n) is 8.99. The molecule has 9 heteroatoms. The maximum Gasteiger partial charge on any atom is 0.329 e. The van der Waals surface area contributed by atoms with Crippen LogP contribution in [0.25, 0.3) is 0 Å². The lowest BCUT2D eigenvalue weighted by molar-refractivity contribution is -0.384. The smallest absolute Gasteiger partial charge is 0.329 e. The van der Waals surface area contributed by atoms with Gasteiger partial charge in [-0.05, 0) is 60.9 Å². The van der Waals surface area contributed by atoms with Crippen LogP contribution in [0, 0.1) is 10.1 Å². The van der Waals surface area contributed by atoms with Crippen LogP contribution < -0.4 is 15.5 Å². The zero-order valence-corrected chi connectivity index (χ0v) is 16.1. The highest BCUT2D eigenvalue weighted by Crippen LogP contribution is 2.16. The molecule has 2 N–H and O–H groups in total. The summed E-state index contributed by atoms with van der Waals surface area (Å²) in [7, 11) is 0. The molecule has 0 saturated heterocycles. The molecule has 0 aliphatic rings. The average Bonchev–Trinajstić information content (AvgIpc) is 2.73. The van der Waals surface area contributed by atoms with E-state index in [1.807, 2.05) is 6.92 Å². The number of ether oxygens (including phenoxy) is 1. The minimum absolute atomic E-state index is 0.0295. The Hall–Kier alpha value is -3.75. The number of nitrogens with one attached hydrogen (secondary N) is 2. The van der Waals surface area contributed by atoms with Crippen molar-refractivity contribution in [2.75, 3.05) is 0 Å². The molecule has 0 aromatic heterocycles. The molecule has 2 amide bonds. The first-order chi connectivity index (χ1) is 13.9. The number of non-ortho nitro benzene ring substituents is 1. The second kappa shape index (κ2) is 10.5. The van der Waals surface area contributed by atoms with E-state index in [4.69, 9.17) is 4.74 Å². The molecule has 2 aromatic carbocycles. The van der Waals surface area contributed by atoms with Gasteiger partial charge in [-0.2, -0.15) is 5.10 Å². The Kier molecular flexibility index (Phi) is 7.84. The minimum atomic E-state index is -0.829. The number of hydrogen-bond donors (Lipinski definition) is 2. The molecular weight excluding hydrogens is 376 g/mol. The summed E-state index contributed by atoms with van der Waals surface area (Å²) in [6.07, 6.45) is 2.13. The van der Waals surface area contributed by atoms with Crippen molar-refractivity contribution < 1.29 is 19.2 Å². The number of hydrazone groups is 1. The van der Waals surface area contributed by atoms with E-state index in [2.05, 4.69) is 15.8 Å². The molecular formula is C20H22N4O5. The average molecular weight is 398 g/mol. The number of amides is 2. The number of nitrogens with zero attached hydrogens (tertiary/aromatic N) is 2. The van der Waals surface area contributed by atoms with E-state index < -0.39 is 16.7 Å². The van der Waals surface area contributed by atoms with E-state index in [1.54, 1.807) is 43.3 Å². The predicted molar refractivity (Wildman–Crippen MR) is 108 cm³/mol. The lowest BCUT2D eigenvalue weighted by atomic mass is 10.2. The van der Waals surface area contributed by atoms with Crippen LogP contribution >= 0.6 is 0 Å². The van der Waals surface area contributed by atoms with Crippen LogP contribution in [0.4, 0.5) is 5.69 Å². The Morgan fingerprint density at radius 2 is 1.79 bits per heavy atom. The molecule has 0 fully saturated rings. The van der Waals surface area contributed by atoms with Crippen LogP contribution in [-0.2, 0) is 16.2 Å². The van der Waals surface area contributed by atoms with Gasteiger partial charge in [0.15, 0.2) is 0 Å². The maximum atomic E-state index is 11.6. The van der Waals surface area contributed by atoms with Crippen molar-refractivity contribution >= 4 is 23.7 Å². The Balaban J connectivity index is 1.82. The van der Waals surface area contributed by atoms with E-state index in [9.17, 15) is 19.7 Å². The number of nitro groups is 1. The molecule has 0 unspecified atom stereocenters. The fourth-order valence-electron chi connectivity index (χ4n) is 2.14. The lowest BCUT2D eigenvalue weighted by Crippen LogP contribution is -2.41. The summed E-state index contributed by atoms with van der Waals surface area (Å²) in [5.74, 6) is -0.950. The lowest BCUT2D eigenvalue weighted by Gasteiger charge is -2.09. The van der Waals surface area contributed by atoms with Crippen molar-refractivity contribution in [3.05, 3.63) is 69.8 Å². The largest absolute Gasteiger partial charge is 0.489 e. The molecule has 0 saturated carbocycles. The SMILES string of the molecule is CC[C@@H](C)NC(=O)C(=O)N/N=C\c1ccc(OCc2ccc([N+](=O)[O-])cc2)cc1. The predicted octanol–water partition coefficient (Wildman–Crippen LogP) is 2.54. The summed E-state index contributed by atoms with van der Waals surface area (Å²) >= 11 is 0. The van der Waals surface area contributed by atoms with Crippen LogP contribution in [0.15, 0.2) is 53.6 Å². The first-order valence-corrected chi connectivity index (χ1v) is 8.99. The maximum absolute atomic E-state index is 11.6. The molecule has 1 atom stereocenters. The Labute approximate surface area is 167 Å². The second-order valence-electron chi connectivity index (χ2n) is 6.26. The highest BCUT2D eigenvalue weighted by molar-refractivity contribution is 6.35. The fourth-order valence-corrected chi connectivity index (χ4v) is 2.14. The molecule has 2 rings (SSSR count). The number of hydrogen-bond acceptors (Lipinski definition) is 6. The summed E-state index contributed by atoms with van der Waals surface area (Å²) in [6.45, 7) is 3.98. The fraction of sp³-hybridized carbons (Fsp3) is 0.250. The van der Waals surface area contributed by atoms with Gasteiger partial charge in [-0.1, -0.05) is 6.92 Å². The van der Waals surface area contributed by atoms with Gasteiger partial charge in [0.2, 0.25) is 0 Å². The van der Waals surface area contributed by atoms with E-state index in [0.29, 0.717) is 11.3 Å². The number of benzene rings is 2. The summed E-state index contributed by atoms with van der Waals surface area (Å²) in [5, 5.41) is 17.0. The van der Waals surface area contributed by atoms with Crippen LogP contribution in [0.2, 0.25) is 0 Å². The van der Waals surface area contributed by atoms with Gasteiger partial charge in [0, 0.05) is 18.2 Å². The van der Waals surface area contributed by atoms with Crippen LogP contribution in [-0.4, -0.2) is 29.0 Å². The monoisotopic (exact) mass is 398 g/mol. The van der Waals surface area contributed by atoms with Crippen LogP contribution in [0.3, 0.4) is 0 Å². The van der Waals surface area contributed by atoms with Gasteiger partial charge in [0.1, 0.15) is 12.4 Å². The Morgan fingerprint density at radius 3 is 2.38 bits per heavy atom. The molecule has 0 spiro atoms. The van der Waals surface area contributed by atoms with Gasteiger partial charge in [0.25, 0.3) is 5.69 Å². The Morgan fingerprint density at radius 1 is 1.14 bits per heavy atom. The zero-order valence-electron chi connectivity index (χ0n) is 16.1. The van der Waals surface area contributed by atoms with Gasteiger partial charge in [-0.25, -0.2) is 5.43 Å². The van der Waals surface area contributed by atoms with Gasteiger partial charge in [-0.15, -0.1) is 0 Å². The molecule has 2 aromatic rings. The van der Waals surface area contributed by atoms with Crippen molar-refractivity contribution in [2.24, 2.45) is 5.10 Å². The quantitative estimate of drug-likeness (QED) is 0.306. The number of rotatable bonds is 8. The summed E-state index contributed by atoms with van der Waals surface area (Å²) < 4.78 is 5.63. The normalized spacial score (nSPS) is 11.7. The third kappa shape index (κ3) is 7.06. The number of carbonyl (C=O) groups is 2. The third-order valence-electron chi connectivity index (χ3n) is 4.01. The molecule has 0 bridgehead atoms. The standard InChI is InChI=1S/C20H22N4O5/c1-3-14(2)22-19(25)20(26)23-21-12-15-6-10-18(11-7-15)29-13-16-4-8-17(9-5-16)24(27)28/h4-12,14H,3,13H2,1-2H3,(H,22,25)(H,23,26)/b21-12-/t14-/m1/s1. The second-order valence-corrected chi connectivity index (χ2v) is 6.26. The highest BCUT2D eigenvalue weighted by Gasteiger charge is 2.14. The van der Waals surface area contributed by atoms with E-state index in [-0.39, 0.29) is 18.3 Å². The number of carbonyl (C=O) groups excluding carboxylic acids is 2. The zero-order chi connectivity index (χ0) is 21.2. The molecule has 0 aliphatic carbocycles. The molecule has 0 radical (unpaired) electrons. The third-order valence-corrected chi connectivity index (χ3v) is 4.01. The summed E-state index contributed by atoms with van der Waals surface area (Å²) in [5.41, 5.74) is 3.71. The van der Waals surface area contributed by atoms with Crippen LogP contribution in [0.1, 0.15) is 31.4 Å². The summed E-state index contributed by atoms with van der Waals surface area (Å²) in [4.78, 5) is 33.4. The Bertz CT molecular complexity index is 879. The van der Waals surface area contributed by atoms with Gasteiger partial charge in [0.05, 0.1) is 11.1 Å². The van der Waals surface area contributed by atoms with Gasteiger partial charge < -0.3 is 10.1 Å². The molecule has 9 nitrogen and oxygen atoms in total. The van der Waals surface area contributed by atoms with Crippen molar-refractivity contribution in [1.29, 1.82) is 0 Å². The van der Waals surface area contributed by atoms with E-state index >= 15 is 0 Å². The first kappa shape index (κ1) is 21.5. The van der Waals surface area contributed by atoms with Crippen molar-refractivity contribution in [2.45, 2.75) is 32.9 Å². The summed E-state index contributed by atoms with van der Waals surface area (Å²) in [6, 6.07) is 13.0. The van der Waals surface area contributed by atoms with Gasteiger partial charge in [-0.3, -0.25) is 19.7 Å². The van der Waals surface area contributed by atoms with Crippen molar-refractivity contribution in [3.8, 4) is 5.75 Å². The molecule has 152 valence electrons. The van der Waals surface area contributed by atoms with E-state index in [1.165, 1.54) is 18.3 Å². The molecule has 0 aliphatic heterocycles. The molecule has 0 heterocycles. The van der Waals surface area contributed by atoms with Crippen molar-refractivity contribution in [1.82, 2.24) is 10.7 Å². The minimum Gasteiger partial charge on any atom is -0.489 e. The molecule has 29 heavy (non-hydrogen) atoms.